The zero-order valence-electron chi connectivity index (χ0n) is 15.2. The Morgan fingerprint density at radius 1 is 1.14 bits per heavy atom. The highest BCUT2D eigenvalue weighted by Crippen LogP contribution is 2.30. The van der Waals surface area contributed by atoms with Crippen LogP contribution in [0.5, 0.6) is 11.5 Å². The fourth-order valence-corrected chi connectivity index (χ4v) is 2.74. The summed E-state index contributed by atoms with van der Waals surface area (Å²) in [5.74, 6) is 0.323. The molecule has 0 bridgehead atoms. The van der Waals surface area contributed by atoms with E-state index in [1.807, 2.05) is 43.3 Å². The third-order valence-electron chi connectivity index (χ3n) is 3.87. The van der Waals surface area contributed by atoms with Crippen molar-refractivity contribution in [1.82, 2.24) is 5.43 Å². The second kappa shape index (κ2) is 8.96. The van der Waals surface area contributed by atoms with Crippen LogP contribution in [0.15, 0.2) is 65.8 Å². The summed E-state index contributed by atoms with van der Waals surface area (Å²) in [5, 5.41) is 5.79. The van der Waals surface area contributed by atoms with Crippen molar-refractivity contribution in [1.29, 1.82) is 0 Å². The first-order chi connectivity index (χ1) is 13.6. The van der Waals surface area contributed by atoms with Crippen molar-refractivity contribution in [2.45, 2.75) is 6.92 Å². The normalized spacial score (nSPS) is 10.8. The van der Waals surface area contributed by atoms with Crippen molar-refractivity contribution in [3.05, 3.63) is 71.8 Å². The highest BCUT2D eigenvalue weighted by atomic mass is 32.1. The molecule has 0 fully saturated rings. The number of hydrazone groups is 1. The Balaban J connectivity index is 1.87. The molecule has 3 aromatic rings. The molecule has 3 aromatic carbocycles. The molecule has 0 heterocycles. The first-order valence-electron chi connectivity index (χ1n) is 8.63. The van der Waals surface area contributed by atoms with Crippen LogP contribution < -0.4 is 20.6 Å². The topological polar surface area (TPSA) is 85.9 Å². The number of hydrogen-bond acceptors (Lipinski definition) is 5. The van der Waals surface area contributed by atoms with Gasteiger partial charge in [0, 0.05) is 0 Å². The molecule has 0 spiro atoms. The summed E-state index contributed by atoms with van der Waals surface area (Å²) >= 11 is 4.70. The first kappa shape index (κ1) is 19.3. The molecule has 0 aliphatic rings. The average Bonchev–Trinajstić information content (AvgIpc) is 2.69. The summed E-state index contributed by atoms with van der Waals surface area (Å²) in [4.78, 5) is 12.8. The van der Waals surface area contributed by atoms with E-state index < -0.39 is 5.97 Å². The van der Waals surface area contributed by atoms with Crippen LogP contribution in [0.3, 0.4) is 0 Å². The van der Waals surface area contributed by atoms with Crippen LogP contribution in [-0.2, 0) is 0 Å². The molecule has 0 aliphatic carbocycles. The number of benzene rings is 3. The molecule has 28 heavy (non-hydrogen) atoms. The summed E-state index contributed by atoms with van der Waals surface area (Å²) in [7, 11) is 0. The van der Waals surface area contributed by atoms with Crippen molar-refractivity contribution in [2.75, 3.05) is 6.61 Å². The Hall–Kier alpha value is -3.45. The summed E-state index contributed by atoms with van der Waals surface area (Å²) < 4.78 is 11.2. The summed E-state index contributed by atoms with van der Waals surface area (Å²) in [6, 6.07) is 18.3. The molecule has 0 radical (unpaired) electrons. The molecule has 3 rings (SSSR count). The molecule has 0 amide bonds. The Kier molecular flexibility index (Phi) is 6.18. The van der Waals surface area contributed by atoms with Gasteiger partial charge in [0.1, 0.15) is 0 Å². The van der Waals surface area contributed by atoms with E-state index in [0.717, 1.165) is 16.3 Å². The van der Waals surface area contributed by atoms with Crippen LogP contribution in [0.2, 0.25) is 0 Å². The van der Waals surface area contributed by atoms with Crippen molar-refractivity contribution in [3.8, 4) is 11.5 Å². The molecule has 0 saturated heterocycles. The zero-order valence-corrected chi connectivity index (χ0v) is 16.0. The predicted molar refractivity (Wildman–Crippen MR) is 114 cm³/mol. The monoisotopic (exact) mass is 393 g/mol. The van der Waals surface area contributed by atoms with Crippen molar-refractivity contribution >= 4 is 40.3 Å². The lowest BCUT2D eigenvalue weighted by Gasteiger charge is -2.12. The number of carbonyl (C=O) groups is 1. The largest absolute Gasteiger partial charge is 0.490 e. The minimum absolute atomic E-state index is 0.0712. The van der Waals surface area contributed by atoms with E-state index in [2.05, 4.69) is 10.5 Å². The van der Waals surface area contributed by atoms with E-state index in [1.165, 1.54) is 6.21 Å². The van der Waals surface area contributed by atoms with Gasteiger partial charge in [-0.25, -0.2) is 4.79 Å². The van der Waals surface area contributed by atoms with Gasteiger partial charge in [-0.05, 0) is 59.7 Å². The summed E-state index contributed by atoms with van der Waals surface area (Å²) in [6.45, 7) is 2.27. The number of hydrogen-bond donors (Lipinski definition) is 2. The van der Waals surface area contributed by atoms with Gasteiger partial charge in [0.15, 0.2) is 16.6 Å². The van der Waals surface area contributed by atoms with Crippen LogP contribution in [0.1, 0.15) is 22.8 Å². The highest BCUT2D eigenvalue weighted by Gasteiger charge is 2.15. The van der Waals surface area contributed by atoms with Gasteiger partial charge in [0.2, 0.25) is 0 Å². The van der Waals surface area contributed by atoms with Gasteiger partial charge < -0.3 is 15.2 Å². The van der Waals surface area contributed by atoms with E-state index >= 15 is 0 Å². The molecule has 0 unspecified atom stereocenters. The Morgan fingerprint density at radius 3 is 2.71 bits per heavy atom. The molecular formula is C21H19N3O3S. The molecule has 142 valence electrons. The maximum Gasteiger partial charge on any atom is 0.344 e. The molecule has 7 heteroatoms. The highest BCUT2D eigenvalue weighted by molar-refractivity contribution is 7.80. The lowest BCUT2D eigenvalue weighted by atomic mass is 10.0. The van der Waals surface area contributed by atoms with Crippen LogP contribution in [0.4, 0.5) is 0 Å². The number of fused-ring (bicyclic) bond motifs is 1. The van der Waals surface area contributed by atoms with E-state index in [1.54, 1.807) is 24.3 Å². The Morgan fingerprint density at radius 2 is 1.93 bits per heavy atom. The Labute approximate surface area is 167 Å². The maximum absolute atomic E-state index is 12.8. The molecule has 0 aliphatic heterocycles. The number of esters is 1. The average molecular weight is 393 g/mol. The minimum atomic E-state index is -0.450. The van der Waals surface area contributed by atoms with Crippen LogP contribution in [-0.4, -0.2) is 23.9 Å². The van der Waals surface area contributed by atoms with Crippen LogP contribution in [0.25, 0.3) is 10.8 Å². The third-order valence-corrected chi connectivity index (χ3v) is 3.96. The molecular weight excluding hydrogens is 374 g/mol. The number of nitrogens with one attached hydrogen (secondary N) is 1. The number of nitrogens with zero attached hydrogens (tertiary/aromatic N) is 1. The summed E-state index contributed by atoms with van der Waals surface area (Å²) in [6.07, 6.45) is 1.54. The quantitative estimate of drug-likeness (QED) is 0.219. The maximum atomic E-state index is 12.8. The van der Waals surface area contributed by atoms with Crippen molar-refractivity contribution < 1.29 is 14.3 Å². The minimum Gasteiger partial charge on any atom is -0.490 e. The fourth-order valence-electron chi connectivity index (χ4n) is 2.69. The molecule has 6 nitrogen and oxygen atoms in total. The van der Waals surface area contributed by atoms with E-state index in [-0.39, 0.29) is 5.11 Å². The standard InChI is InChI=1S/C21H19N3O3S/c1-2-26-19-12-14(13-23-24-21(22)28)10-11-18(19)27-20(25)17-9-5-7-15-6-3-4-8-16(15)17/h3-13H,2H2,1H3,(H3,22,24,28)/b23-13+. The van der Waals surface area contributed by atoms with Gasteiger partial charge in [0.25, 0.3) is 0 Å². The van der Waals surface area contributed by atoms with Gasteiger partial charge in [0.05, 0.1) is 18.4 Å². The summed E-state index contributed by atoms with van der Waals surface area (Å²) in [5.41, 5.74) is 9.04. The predicted octanol–water partition coefficient (Wildman–Crippen LogP) is 3.62. The number of thiocarbonyl (C=S) groups is 1. The van der Waals surface area contributed by atoms with E-state index in [4.69, 9.17) is 27.4 Å². The lowest BCUT2D eigenvalue weighted by molar-refractivity contribution is 0.0730. The van der Waals surface area contributed by atoms with Gasteiger partial charge in [-0.3, -0.25) is 5.43 Å². The number of rotatable bonds is 6. The fraction of sp³-hybridized carbons (Fsp3) is 0.0952. The molecule has 0 atom stereocenters. The zero-order chi connectivity index (χ0) is 19.9. The van der Waals surface area contributed by atoms with Gasteiger partial charge >= 0.3 is 5.97 Å². The van der Waals surface area contributed by atoms with Gasteiger partial charge in [-0.1, -0.05) is 36.4 Å². The molecule has 0 aromatic heterocycles. The second-order valence-electron chi connectivity index (χ2n) is 5.79. The van der Waals surface area contributed by atoms with E-state index in [0.29, 0.717) is 23.7 Å². The van der Waals surface area contributed by atoms with Crippen molar-refractivity contribution in [2.24, 2.45) is 10.8 Å². The SMILES string of the molecule is CCOc1cc(/C=N/NC(N)=S)ccc1OC(=O)c1cccc2ccccc12. The second-order valence-corrected chi connectivity index (χ2v) is 6.23. The van der Waals surface area contributed by atoms with Gasteiger partial charge in [-0.15, -0.1) is 0 Å². The first-order valence-corrected chi connectivity index (χ1v) is 9.04. The Bertz CT molecular complexity index is 1040. The van der Waals surface area contributed by atoms with Crippen LogP contribution in [0, 0.1) is 0 Å². The number of nitrogens with two attached hydrogens (primary N) is 1. The van der Waals surface area contributed by atoms with Crippen LogP contribution >= 0.6 is 12.2 Å². The number of carbonyl (C=O) groups excluding carboxylic acids is 1. The molecule has 0 saturated carbocycles. The molecule has 3 N–H and O–H groups in total. The third kappa shape index (κ3) is 4.63. The van der Waals surface area contributed by atoms with E-state index in [9.17, 15) is 4.79 Å². The smallest absolute Gasteiger partial charge is 0.344 e. The van der Waals surface area contributed by atoms with Gasteiger partial charge in [-0.2, -0.15) is 5.10 Å². The lowest BCUT2D eigenvalue weighted by Crippen LogP contribution is -2.23. The number of ether oxygens (including phenoxy) is 2. The van der Waals surface area contributed by atoms with Crippen molar-refractivity contribution in [3.63, 3.8) is 0 Å².